The molecular formula is C18H28N2O3. The molecule has 1 aliphatic heterocycles. The van der Waals surface area contributed by atoms with Crippen molar-refractivity contribution in [1.29, 1.82) is 0 Å². The van der Waals surface area contributed by atoms with E-state index in [1.807, 2.05) is 30.0 Å². The van der Waals surface area contributed by atoms with Crippen LogP contribution in [0.15, 0.2) is 18.2 Å². The maximum absolute atomic E-state index is 12.6. The lowest BCUT2D eigenvalue weighted by Gasteiger charge is -2.32. The predicted octanol–water partition coefficient (Wildman–Crippen LogP) is 2.65. The van der Waals surface area contributed by atoms with Crippen molar-refractivity contribution in [3.63, 3.8) is 0 Å². The lowest BCUT2D eigenvalue weighted by Crippen LogP contribution is -2.47. The van der Waals surface area contributed by atoms with E-state index in [-0.39, 0.29) is 5.91 Å². The van der Waals surface area contributed by atoms with Gasteiger partial charge in [0.1, 0.15) is 0 Å². The van der Waals surface area contributed by atoms with Crippen LogP contribution in [0, 0.1) is 0 Å². The zero-order valence-electron chi connectivity index (χ0n) is 14.5. The molecule has 5 heteroatoms. The van der Waals surface area contributed by atoms with Crippen LogP contribution in [0.25, 0.3) is 0 Å². The van der Waals surface area contributed by atoms with Crippen molar-refractivity contribution in [1.82, 2.24) is 9.80 Å². The van der Waals surface area contributed by atoms with E-state index < -0.39 is 0 Å². The van der Waals surface area contributed by atoms with Crippen LogP contribution in [-0.2, 0) is 0 Å². The van der Waals surface area contributed by atoms with E-state index in [1.54, 1.807) is 0 Å². The number of likely N-dealkylation sites (N-methyl/N-ethyl adjacent to an activating group) is 1. The minimum Gasteiger partial charge on any atom is -0.490 e. The molecule has 0 aliphatic carbocycles. The second kappa shape index (κ2) is 8.77. The fourth-order valence-corrected chi connectivity index (χ4v) is 2.55. The average Bonchev–Trinajstić information content (AvgIpc) is 2.56. The molecule has 1 aromatic rings. The highest BCUT2D eigenvalue weighted by Gasteiger charge is 2.21. The first-order chi connectivity index (χ1) is 11.2. The highest BCUT2D eigenvalue weighted by atomic mass is 16.5. The van der Waals surface area contributed by atoms with Crippen LogP contribution in [0.2, 0.25) is 0 Å². The molecule has 0 bridgehead atoms. The molecule has 1 heterocycles. The third-order valence-corrected chi connectivity index (χ3v) is 4.04. The molecule has 1 saturated heterocycles. The number of nitrogens with zero attached hydrogens (tertiary/aromatic N) is 2. The van der Waals surface area contributed by atoms with Gasteiger partial charge in [-0.3, -0.25) is 4.79 Å². The second-order valence-corrected chi connectivity index (χ2v) is 5.89. The molecule has 1 aromatic carbocycles. The summed E-state index contributed by atoms with van der Waals surface area (Å²) < 4.78 is 11.4. The molecule has 0 atom stereocenters. The minimum absolute atomic E-state index is 0.0687. The van der Waals surface area contributed by atoms with Gasteiger partial charge in [0, 0.05) is 31.7 Å². The number of rotatable bonds is 7. The average molecular weight is 320 g/mol. The molecule has 0 N–H and O–H groups in total. The third-order valence-electron chi connectivity index (χ3n) is 4.04. The molecule has 0 aromatic heterocycles. The molecule has 0 radical (unpaired) electrons. The Morgan fingerprint density at radius 1 is 1.09 bits per heavy atom. The highest BCUT2D eigenvalue weighted by molar-refractivity contribution is 5.95. The molecule has 1 fully saturated rings. The van der Waals surface area contributed by atoms with Gasteiger partial charge in [-0.1, -0.05) is 13.3 Å². The Morgan fingerprint density at radius 2 is 1.83 bits per heavy atom. The van der Waals surface area contributed by atoms with Gasteiger partial charge in [-0.25, -0.2) is 0 Å². The molecular weight excluding hydrogens is 292 g/mol. The number of piperazine rings is 1. The maximum Gasteiger partial charge on any atom is 0.254 e. The van der Waals surface area contributed by atoms with E-state index in [0.29, 0.717) is 24.5 Å². The molecule has 5 nitrogen and oxygen atoms in total. The highest BCUT2D eigenvalue weighted by Crippen LogP contribution is 2.29. The van der Waals surface area contributed by atoms with Crippen molar-refractivity contribution in [2.45, 2.75) is 26.7 Å². The Morgan fingerprint density at radius 3 is 2.48 bits per heavy atom. The standard InChI is InChI=1S/C18H28N2O3/c1-4-6-13-23-16-8-7-15(14-17(16)22-5-2)18(21)20-11-9-19(3)10-12-20/h7-8,14H,4-6,9-13H2,1-3H3. The molecule has 128 valence electrons. The molecule has 0 spiro atoms. The molecule has 0 saturated carbocycles. The number of ether oxygens (including phenoxy) is 2. The summed E-state index contributed by atoms with van der Waals surface area (Å²) in [5.41, 5.74) is 0.667. The van der Waals surface area contributed by atoms with E-state index in [9.17, 15) is 4.79 Å². The molecule has 1 amide bonds. The van der Waals surface area contributed by atoms with E-state index in [2.05, 4.69) is 18.9 Å². The Bertz CT molecular complexity index is 511. The fraction of sp³-hybridized carbons (Fsp3) is 0.611. The monoisotopic (exact) mass is 320 g/mol. The van der Waals surface area contributed by atoms with Gasteiger partial charge in [-0.15, -0.1) is 0 Å². The van der Waals surface area contributed by atoms with Crippen molar-refractivity contribution in [2.24, 2.45) is 0 Å². The summed E-state index contributed by atoms with van der Waals surface area (Å²) in [6.07, 6.45) is 2.09. The summed E-state index contributed by atoms with van der Waals surface area (Å²) in [4.78, 5) is 16.8. The van der Waals surface area contributed by atoms with Crippen molar-refractivity contribution >= 4 is 5.91 Å². The largest absolute Gasteiger partial charge is 0.490 e. The first-order valence-corrected chi connectivity index (χ1v) is 8.53. The zero-order valence-corrected chi connectivity index (χ0v) is 14.5. The van der Waals surface area contributed by atoms with Crippen LogP contribution >= 0.6 is 0 Å². The summed E-state index contributed by atoms with van der Waals surface area (Å²) in [7, 11) is 2.08. The number of benzene rings is 1. The zero-order chi connectivity index (χ0) is 16.7. The van der Waals surface area contributed by atoms with Crippen LogP contribution < -0.4 is 9.47 Å². The smallest absolute Gasteiger partial charge is 0.254 e. The Hall–Kier alpha value is -1.75. The van der Waals surface area contributed by atoms with Crippen molar-refractivity contribution in [2.75, 3.05) is 46.4 Å². The van der Waals surface area contributed by atoms with Crippen molar-refractivity contribution in [3.8, 4) is 11.5 Å². The van der Waals surface area contributed by atoms with Crippen LogP contribution in [0.3, 0.4) is 0 Å². The lowest BCUT2D eigenvalue weighted by molar-refractivity contribution is 0.0663. The Balaban J connectivity index is 2.09. The number of amides is 1. The molecule has 23 heavy (non-hydrogen) atoms. The lowest BCUT2D eigenvalue weighted by atomic mass is 10.1. The van der Waals surface area contributed by atoms with Gasteiger partial charge in [0.15, 0.2) is 11.5 Å². The van der Waals surface area contributed by atoms with Crippen LogP contribution in [0.1, 0.15) is 37.0 Å². The summed E-state index contributed by atoms with van der Waals surface area (Å²) in [6.45, 7) is 8.67. The number of hydrogen-bond acceptors (Lipinski definition) is 4. The quantitative estimate of drug-likeness (QED) is 0.724. The van der Waals surface area contributed by atoms with Gasteiger partial charge < -0.3 is 19.3 Å². The number of unbranched alkanes of at least 4 members (excludes halogenated alkanes) is 1. The second-order valence-electron chi connectivity index (χ2n) is 5.89. The van der Waals surface area contributed by atoms with Gasteiger partial charge in [0.2, 0.25) is 0 Å². The van der Waals surface area contributed by atoms with Crippen molar-refractivity contribution < 1.29 is 14.3 Å². The first kappa shape index (κ1) is 17.6. The predicted molar refractivity (Wildman–Crippen MR) is 91.4 cm³/mol. The summed E-state index contributed by atoms with van der Waals surface area (Å²) >= 11 is 0. The van der Waals surface area contributed by atoms with Crippen LogP contribution in [-0.4, -0.2) is 62.1 Å². The first-order valence-electron chi connectivity index (χ1n) is 8.53. The van der Waals surface area contributed by atoms with E-state index in [1.165, 1.54) is 0 Å². The van der Waals surface area contributed by atoms with Gasteiger partial charge in [0.25, 0.3) is 5.91 Å². The topological polar surface area (TPSA) is 42.0 Å². The number of hydrogen-bond donors (Lipinski definition) is 0. The van der Waals surface area contributed by atoms with E-state index >= 15 is 0 Å². The fourth-order valence-electron chi connectivity index (χ4n) is 2.55. The number of carbonyl (C=O) groups is 1. The SMILES string of the molecule is CCCCOc1ccc(C(=O)N2CCN(C)CC2)cc1OCC. The summed E-state index contributed by atoms with van der Waals surface area (Å²) in [6, 6.07) is 5.50. The normalized spacial score (nSPS) is 15.5. The molecule has 2 rings (SSSR count). The third kappa shape index (κ3) is 4.86. The number of carbonyl (C=O) groups excluding carboxylic acids is 1. The molecule has 0 unspecified atom stereocenters. The molecule has 1 aliphatic rings. The minimum atomic E-state index is 0.0687. The van der Waals surface area contributed by atoms with E-state index in [4.69, 9.17) is 9.47 Å². The summed E-state index contributed by atoms with van der Waals surface area (Å²) in [5, 5.41) is 0. The van der Waals surface area contributed by atoms with Gasteiger partial charge >= 0.3 is 0 Å². The summed E-state index contributed by atoms with van der Waals surface area (Å²) in [5.74, 6) is 1.44. The van der Waals surface area contributed by atoms with Crippen molar-refractivity contribution in [3.05, 3.63) is 23.8 Å². The van der Waals surface area contributed by atoms with Gasteiger partial charge in [-0.2, -0.15) is 0 Å². The Labute approximate surface area is 139 Å². The Kier molecular flexibility index (Phi) is 6.71. The van der Waals surface area contributed by atoms with Crippen LogP contribution in [0.5, 0.6) is 11.5 Å². The van der Waals surface area contributed by atoms with Gasteiger partial charge in [-0.05, 0) is 38.6 Å². The van der Waals surface area contributed by atoms with Crippen LogP contribution in [0.4, 0.5) is 0 Å². The van der Waals surface area contributed by atoms with E-state index in [0.717, 1.165) is 44.8 Å². The maximum atomic E-state index is 12.6. The van der Waals surface area contributed by atoms with Gasteiger partial charge in [0.05, 0.1) is 13.2 Å².